The third-order valence-corrected chi connectivity index (χ3v) is 3.10. The molecule has 0 unspecified atom stereocenters. The molecule has 0 aromatic heterocycles. The van der Waals surface area contributed by atoms with Crippen molar-refractivity contribution in [1.29, 1.82) is 0 Å². The molecule has 1 saturated carbocycles. The first-order valence-corrected chi connectivity index (χ1v) is 6.40. The van der Waals surface area contributed by atoms with Crippen LogP contribution in [0.1, 0.15) is 26.7 Å². The second-order valence-corrected chi connectivity index (χ2v) is 5.14. The monoisotopic (exact) mass is 234 g/mol. The molecular formula is C14H22N2O. The molecule has 0 radical (unpaired) electrons. The van der Waals surface area contributed by atoms with Gasteiger partial charge in [-0.05, 0) is 44.7 Å². The predicted octanol–water partition coefficient (Wildman–Crippen LogP) is 2.62. The Morgan fingerprint density at radius 2 is 2.06 bits per heavy atom. The van der Waals surface area contributed by atoms with Crippen molar-refractivity contribution >= 4 is 5.69 Å². The fourth-order valence-corrected chi connectivity index (χ4v) is 2.18. The number of nitrogens with two attached hydrogens (primary N) is 1. The number of anilines is 1. The SMILES string of the molecule is CC(C)Oc1ccccc1NCC1CC(N)C1. The minimum Gasteiger partial charge on any atom is -0.489 e. The summed E-state index contributed by atoms with van der Waals surface area (Å²) in [4.78, 5) is 0. The summed E-state index contributed by atoms with van der Waals surface area (Å²) >= 11 is 0. The highest BCUT2D eigenvalue weighted by Gasteiger charge is 2.25. The zero-order valence-electron chi connectivity index (χ0n) is 10.6. The summed E-state index contributed by atoms with van der Waals surface area (Å²) in [5.41, 5.74) is 6.87. The van der Waals surface area contributed by atoms with Gasteiger partial charge in [-0.25, -0.2) is 0 Å². The second-order valence-electron chi connectivity index (χ2n) is 5.14. The molecule has 17 heavy (non-hydrogen) atoms. The van der Waals surface area contributed by atoms with Crippen LogP contribution in [-0.2, 0) is 0 Å². The van der Waals surface area contributed by atoms with E-state index >= 15 is 0 Å². The van der Waals surface area contributed by atoms with Gasteiger partial charge >= 0.3 is 0 Å². The Labute approximate surface area is 103 Å². The van der Waals surface area contributed by atoms with E-state index in [9.17, 15) is 0 Å². The number of hydrogen-bond acceptors (Lipinski definition) is 3. The highest BCUT2D eigenvalue weighted by Crippen LogP contribution is 2.29. The Hall–Kier alpha value is -1.22. The molecule has 0 heterocycles. The molecule has 3 nitrogen and oxygen atoms in total. The predicted molar refractivity (Wildman–Crippen MR) is 71.4 cm³/mol. The molecule has 1 aliphatic rings. The summed E-state index contributed by atoms with van der Waals surface area (Å²) in [6, 6.07) is 8.53. The summed E-state index contributed by atoms with van der Waals surface area (Å²) < 4.78 is 5.76. The Bertz CT molecular complexity index is 359. The number of ether oxygens (including phenoxy) is 1. The summed E-state index contributed by atoms with van der Waals surface area (Å²) in [6.45, 7) is 5.08. The highest BCUT2D eigenvalue weighted by molar-refractivity contribution is 5.56. The van der Waals surface area contributed by atoms with Gasteiger partial charge in [-0.1, -0.05) is 12.1 Å². The lowest BCUT2D eigenvalue weighted by atomic mass is 9.81. The van der Waals surface area contributed by atoms with Crippen molar-refractivity contribution in [1.82, 2.24) is 0 Å². The first-order valence-electron chi connectivity index (χ1n) is 6.40. The van der Waals surface area contributed by atoms with E-state index in [-0.39, 0.29) is 6.10 Å². The van der Waals surface area contributed by atoms with E-state index in [1.165, 1.54) is 0 Å². The standard InChI is InChI=1S/C14H22N2O/c1-10(2)17-14-6-4-3-5-13(14)16-9-11-7-12(15)8-11/h3-6,10-12,16H,7-9,15H2,1-2H3. The van der Waals surface area contributed by atoms with Crippen LogP contribution in [0, 0.1) is 5.92 Å². The lowest BCUT2D eigenvalue weighted by molar-refractivity contribution is 0.243. The maximum Gasteiger partial charge on any atom is 0.142 e. The van der Waals surface area contributed by atoms with Gasteiger partial charge in [-0.3, -0.25) is 0 Å². The molecule has 0 bridgehead atoms. The van der Waals surface area contributed by atoms with Crippen LogP contribution < -0.4 is 15.8 Å². The molecule has 0 atom stereocenters. The minimum absolute atomic E-state index is 0.204. The Morgan fingerprint density at radius 1 is 1.35 bits per heavy atom. The molecule has 1 aliphatic carbocycles. The number of benzene rings is 1. The summed E-state index contributed by atoms with van der Waals surface area (Å²) in [5, 5.41) is 3.46. The van der Waals surface area contributed by atoms with Gasteiger partial charge in [-0.2, -0.15) is 0 Å². The van der Waals surface area contributed by atoms with Gasteiger partial charge in [0, 0.05) is 12.6 Å². The summed E-state index contributed by atoms with van der Waals surface area (Å²) in [5.74, 6) is 1.66. The van der Waals surface area contributed by atoms with Gasteiger partial charge in [0.05, 0.1) is 11.8 Å². The van der Waals surface area contributed by atoms with Crippen LogP contribution in [-0.4, -0.2) is 18.7 Å². The average molecular weight is 234 g/mol. The molecule has 2 rings (SSSR count). The fourth-order valence-electron chi connectivity index (χ4n) is 2.18. The van der Waals surface area contributed by atoms with E-state index in [0.29, 0.717) is 6.04 Å². The maximum atomic E-state index is 5.78. The smallest absolute Gasteiger partial charge is 0.142 e. The molecule has 0 amide bonds. The van der Waals surface area contributed by atoms with Gasteiger partial charge < -0.3 is 15.8 Å². The molecular weight excluding hydrogens is 212 g/mol. The van der Waals surface area contributed by atoms with Crippen LogP contribution in [0.3, 0.4) is 0 Å². The largest absolute Gasteiger partial charge is 0.489 e. The van der Waals surface area contributed by atoms with Crippen LogP contribution in [0.25, 0.3) is 0 Å². The average Bonchev–Trinajstić information content (AvgIpc) is 2.24. The summed E-state index contributed by atoms with van der Waals surface area (Å²) in [6.07, 6.45) is 2.48. The molecule has 94 valence electrons. The Balaban J connectivity index is 1.90. The number of hydrogen-bond donors (Lipinski definition) is 2. The third kappa shape index (κ3) is 3.37. The lowest BCUT2D eigenvalue weighted by Crippen LogP contribution is -2.39. The van der Waals surface area contributed by atoms with Crippen molar-refractivity contribution in [3.05, 3.63) is 24.3 Å². The van der Waals surface area contributed by atoms with Gasteiger partial charge in [0.25, 0.3) is 0 Å². The van der Waals surface area contributed by atoms with Crippen molar-refractivity contribution in [2.45, 2.75) is 38.8 Å². The molecule has 3 N–H and O–H groups in total. The molecule has 3 heteroatoms. The number of para-hydroxylation sites is 2. The zero-order chi connectivity index (χ0) is 12.3. The molecule has 0 saturated heterocycles. The van der Waals surface area contributed by atoms with Crippen molar-refractivity contribution in [3.63, 3.8) is 0 Å². The van der Waals surface area contributed by atoms with Crippen LogP contribution in [0.5, 0.6) is 5.75 Å². The Kier molecular flexibility index (Phi) is 3.89. The Morgan fingerprint density at radius 3 is 2.71 bits per heavy atom. The first-order chi connectivity index (χ1) is 8.15. The van der Waals surface area contributed by atoms with Crippen molar-refractivity contribution in [2.24, 2.45) is 11.7 Å². The second kappa shape index (κ2) is 5.41. The van der Waals surface area contributed by atoms with Crippen molar-refractivity contribution < 1.29 is 4.74 Å². The molecule has 1 aromatic carbocycles. The summed E-state index contributed by atoms with van der Waals surface area (Å²) in [7, 11) is 0. The van der Waals surface area contributed by atoms with Gasteiger partial charge in [0.1, 0.15) is 5.75 Å². The normalized spacial score (nSPS) is 23.3. The number of nitrogens with one attached hydrogen (secondary N) is 1. The molecule has 1 fully saturated rings. The third-order valence-electron chi connectivity index (χ3n) is 3.10. The van der Waals surface area contributed by atoms with E-state index in [0.717, 1.165) is 36.7 Å². The van der Waals surface area contributed by atoms with Crippen LogP contribution in [0.4, 0.5) is 5.69 Å². The topological polar surface area (TPSA) is 47.3 Å². The highest BCUT2D eigenvalue weighted by atomic mass is 16.5. The molecule has 0 spiro atoms. The van der Waals surface area contributed by atoms with Crippen molar-refractivity contribution in [3.8, 4) is 5.75 Å². The van der Waals surface area contributed by atoms with E-state index in [4.69, 9.17) is 10.5 Å². The lowest BCUT2D eigenvalue weighted by Gasteiger charge is -2.32. The van der Waals surface area contributed by atoms with E-state index in [1.54, 1.807) is 0 Å². The maximum absolute atomic E-state index is 5.78. The number of rotatable bonds is 5. The van der Waals surface area contributed by atoms with E-state index in [2.05, 4.69) is 11.4 Å². The zero-order valence-corrected chi connectivity index (χ0v) is 10.6. The van der Waals surface area contributed by atoms with E-state index < -0.39 is 0 Å². The van der Waals surface area contributed by atoms with Crippen LogP contribution in [0.2, 0.25) is 0 Å². The van der Waals surface area contributed by atoms with Gasteiger partial charge in [0.15, 0.2) is 0 Å². The minimum atomic E-state index is 0.204. The van der Waals surface area contributed by atoms with Crippen LogP contribution >= 0.6 is 0 Å². The quantitative estimate of drug-likeness (QED) is 0.823. The van der Waals surface area contributed by atoms with Crippen molar-refractivity contribution in [2.75, 3.05) is 11.9 Å². The molecule has 0 aliphatic heterocycles. The van der Waals surface area contributed by atoms with Gasteiger partial charge in [-0.15, -0.1) is 0 Å². The first kappa shape index (κ1) is 12.2. The van der Waals surface area contributed by atoms with Gasteiger partial charge in [0.2, 0.25) is 0 Å². The molecule has 1 aromatic rings. The fraction of sp³-hybridized carbons (Fsp3) is 0.571. The van der Waals surface area contributed by atoms with E-state index in [1.807, 2.05) is 32.0 Å². The van der Waals surface area contributed by atoms with Crippen LogP contribution in [0.15, 0.2) is 24.3 Å².